The van der Waals surface area contributed by atoms with Gasteiger partial charge in [0.2, 0.25) is 5.91 Å². The minimum atomic E-state index is -4.02. The van der Waals surface area contributed by atoms with Crippen molar-refractivity contribution in [3.8, 4) is 20.9 Å². The Balaban J connectivity index is 1.41. The smallest absolute Gasteiger partial charge is 0.228 e. The number of rotatable bonds is 5. The van der Waals surface area contributed by atoms with Gasteiger partial charge in [-0.3, -0.25) is 9.78 Å². The van der Waals surface area contributed by atoms with Crippen LogP contribution in [-0.2, 0) is 26.8 Å². The molecule has 0 unspecified atom stereocenters. The zero-order valence-corrected chi connectivity index (χ0v) is 18.6. The molecule has 9 heteroatoms. The van der Waals surface area contributed by atoms with E-state index in [0.717, 1.165) is 44.3 Å². The van der Waals surface area contributed by atoms with Crippen molar-refractivity contribution >= 4 is 32.8 Å². The van der Waals surface area contributed by atoms with Crippen LogP contribution in [-0.4, -0.2) is 19.3 Å². The average Bonchev–Trinajstić information content (AvgIpc) is 3.38. The van der Waals surface area contributed by atoms with Gasteiger partial charge >= 0.3 is 0 Å². The Morgan fingerprint density at radius 2 is 1.73 bits per heavy atom. The molecule has 1 aliphatic heterocycles. The van der Waals surface area contributed by atoms with Crippen LogP contribution in [0.1, 0.15) is 11.1 Å². The fourth-order valence-corrected chi connectivity index (χ4v) is 6.12. The summed E-state index contributed by atoms with van der Waals surface area (Å²) in [5.41, 5.74) is 3.90. The van der Waals surface area contributed by atoms with Crippen LogP contribution in [0.2, 0.25) is 0 Å². The Bertz CT molecular complexity index is 1510. The monoisotopic (exact) mass is 482 g/mol. The molecule has 4 aromatic rings. The molecule has 2 aromatic heterocycles. The lowest BCUT2D eigenvalue weighted by atomic mass is 10.1. The predicted molar refractivity (Wildman–Crippen MR) is 123 cm³/mol. The summed E-state index contributed by atoms with van der Waals surface area (Å²) in [6, 6.07) is 13.8. The molecule has 1 N–H and O–H groups in total. The minimum absolute atomic E-state index is 0.0209. The number of benzene rings is 2. The summed E-state index contributed by atoms with van der Waals surface area (Å²) in [5, 5.41) is 2.81. The summed E-state index contributed by atoms with van der Waals surface area (Å²) in [6.07, 6.45) is 3.41. The van der Waals surface area contributed by atoms with Gasteiger partial charge in [0, 0.05) is 39.5 Å². The van der Waals surface area contributed by atoms with Crippen molar-refractivity contribution in [3.05, 3.63) is 89.8 Å². The van der Waals surface area contributed by atoms with Crippen molar-refractivity contribution < 1.29 is 22.0 Å². The number of sulfone groups is 1. The zero-order valence-electron chi connectivity index (χ0n) is 17.0. The second-order valence-corrected chi connectivity index (χ2v) is 10.7. The first-order valence-corrected chi connectivity index (χ1v) is 12.4. The summed E-state index contributed by atoms with van der Waals surface area (Å²) in [6.45, 7) is 0. The number of nitrogens with one attached hydrogen (secondary N) is 1. The van der Waals surface area contributed by atoms with E-state index in [2.05, 4.69) is 10.3 Å². The SMILES string of the molecule is O=C1Cc2cc(-c3ccc(-c4cncc(CS(=O)(=O)c5ccc(F)cc5F)c4)s3)ccc2N1. The van der Waals surface area contributed by atoms with Gasteiger partial charge in [-0.15, -0.1) is 11.3 Å². The third kappa shape index (κ3) is 4.29. The Hall–Kier alpha value is -3.43. The summed E-state index contributed by atoms with van der Waals surface area (Å²) >= 11 is 1.52. The molecule has 0 radical (unpaired) electrons. The standard InChI is InChI=1S/C24H16F2N2O3S2/c25-18-2-6-23(19(26)10-18)33(30,31)13-14-7-17(12-27-11-14)22-5-4-21(32-22)15-1-3-20-16(8-15)9-24(29)28-20/h1-8,10-12H,9,13H2,(H,28,29). The Labute approximate surface area is 192 Å². The van der Waals surface area contributed by atoms with Crippen LogP contribution in [0.3, 0.4) is 0 Å². The molecule has 1 amide bonds. The molecule has 0 bridgehead atoms. The Kier molecular flexibility index (Phi) is 5.30. The first kappa shape index (κ1) is 21.4. The second kappa shape index (κ2) is 8.17. The van der Waals surface area contributed by atoms with Gasteiger partial charge in [0.15, 0.2) is 9.84 Å². The fraction of sp³-hybridized carbons (Fsp3) is 0.0833. The highest BCUT2D eigenvalue weighted by atomic mass is 32.2. The highest BCUT2D eigenvalue weighted by Gasteiger charge is 2.21. The number of anilines is 1. The lowest BCUT2D eigenvalue weighted by Gasteiger charge is -2.07. The van der Waals surface area contributed by atoms with Crippen molar-refractivity contribution in [2.75, 3.05) is 5.32 Å². The van der Waals surface area contributed by atoms with Crippen LogP contribution in [0, 0.1) is 11.6 Å². The number of carbonyl (C=O) groups is 1. The van der Waals surface area contributed by atoms with Crippen molar-refractivity contribution in [3.63, 3.8) is 0 Å². The normalized spacial score (nSPS) is 13.1. The van der Waals surface area contributed by atoms with Crippen molar-refractivity contribution in [2.24, 2.45) is 0 Å². The summed E-state index contributed by atoms with van der Waals surface area (Å²) in [4.78, 5) is 17.1. The zero-order chi connectivity index (χ0) is 23.2. The molecular formula is C24H16F2N2O3S2. The number of aromatic nitrogens is 1. The quantitative estimate of drug-likeness (QED) is 0.396. The van der Waals surface area contributed by atoms with Crippen molar-refractivity contribution in [1.82, 2.24) is 4.98 Å². The number of carbonyl (C=O) groups excluding carboxylic acids is 1. The molecule has 3 heterocycles. The largest absolute Gasteiger partial charge is 0.326 e. The van der Waals surface area contributed by atoms with Gasteiger partial charge in [-0.1, -0.05) is 6.07 Å². The van der Waals surface area contributed by atoms with Crippen LogP contribution < -0.4 is 5.32 Å². The first-order valence-electron chi connectivity index (χ1n) is 9.93. The van der Waals surface area contributed by atoms with Crippen LogP contribution in [0.5, 0.6) is 0 Å². The van der Waals surface area contributed by atoms with E-state index < -0.39 is 32.1 Å². The van der Waals surface area contributed by atoms with Crippen LogP contribution >= 0.6 is 11.3 Å². The summed E-state index contributed by atoms with van der Waals surface area (Å²) in [7, 11) is -4.02. The maximum absolute atomic E-state index is 14.0. The maximum Gasteiger partial charge on any atom is 0.228 e. The van der Waals surface area contributed by atoms with E-state index >= 15 is 0 Å². The third-order valence-electron chi connectivity index (χ3n) is 5.29. The molecule has 5 nitrogen and oxygen atoms in total. The second-order valence-electron chi connectivity index (χ2n) is 7.68. The van der Waals surface area contributed by atoms with E-state index in [-0.39, 0.29) is 5.91 Å². The maximum atomic E-state index is 14.0. The van der Waals surface area contributed by atoms with Gasteiger partial charge in [-0.25, -0.2) is 17.2 Å². The van der Waals surface area contributed by atoms with E-state index in [1.165, 1.54) is 17.5 Å². The number of hydrogen-bond donors (Lipinski definition) is 1. The van der Waals surface area contributed by atoms with E-state index in [9.17, 15) is 22.0 Å². The number of nitrogens with zero attached hydrogens (tertiary/aromatic N) is 1. The lowest BCUT2D eigenvalue weighted by molar-refractivity contribution is -0.115. The van der Waals surface area contributed by atoms with Crippen LogP contribution in [0.25, 0.3) is 20.9 Å². The Morgan fingerprint density at radius 3 is 2.52 bits per heavy atom. The molecule has 5 rings (SSSR count). The molecule has 2 aromatic carbocycles. The van der Waals surface area contributed by atoms with E-state index in [4.69, 9.17) is 0 Å². The summed E-state index contributed by atoms with van der Waals surface area (Å²) in [5.74, 6) is -2.43. The predicted octanol–water partition coefficient (Wildman–Crippen LogP) is 5.22. The molecule has 0 atom stereocenters. The minimum Gasteiger partial charge on any atom is -0.326 e. The molecule has 0 aliphatic carbocycles. The molecular weight excluding hydrogens is 466 g/mol. The number of halogens is 2. The first-order chi connectivity index (χ1) is 15.8. The molecule has 0 saturated heterocycles. The van der Waals surface area contributed by atoms with Gasteiger partial charge < -0.3 is 5.32 Å². The fourth-order valence-electron chi connectivity index (χ4n) is 3.76. The molecule has 0 saturated carbocycles. The lowest BCUT2D eigenvalue weighted by Crippen LogP contribution is -2.08. The average molecular weight is 483 g/mol. The molecule has 0 spiro atoms. The van der Waals surface area contributed by atoms with Gasteiger partial charge in [-0.05, 0) is 59.2 Å². The van der Waals surface area contributed by atoms with Crippen molar-refractivity contribution in [2.45, 2.75) is 17.1 Å². The number of hydrogen-bond acceptors (Lipinski definition) is 5. The Morgan fingerprint density at radius 1 is 0.939 bits per heavy atom. The van der Waals surface area contributed by atoms with E-state index in [1.807, 2.05) is 30.3 Å². The number of thiophene rings is 1. The highest BCUT2D eigenvalue weighted by Crippen LogP contribution is 2.37. The topological polar surface area (TPSA) is 76.1 Å². The number of pyridine rings is 1. The van der Waals surface area contributed by atoms with Crippen LogP contribution in [0.15, 0.2) is 71.9 Å². The molecule has 0 fully saturated rings. The highest BCUT2D eigenvalue weighted by molar-refractivity contribution is 7.90. The van der Waals surface area contributed by atoms with Gasteiger partial charge in [0.1, 0.15) is 16.5 Å². The van der Waals surface area contributed by atoms with E-state index in [1.54, 1.807) is 12.3 Å². The van der Waals surface area contributed by atoms with Crippen molar-refractivity contribution in [1.29, 1.82) is 0 Å². The number of fused-ring (bicyclic) bond motifs is 1. The van der Waals surface area contributed by atoms with E-state index in [0.29, 0.717) is 18.1 Å². The molecule has 1 aliphatic rings. The molecule has 33 heavy (non-hydrogen) atoms. The summed E-state index contributed by atoms with van der Waals surface area (Å²) < 4.78 is 52.5. The number of amides is 1. The third-order valence-corrected chi connectivity index (χ3v) is 8.18. The van der Waals surface area contributed by atoms with Gasteiger partial charge in [0.05, 0.1) is 12.2 Å². The van der Waals surface area contributed by atoms with Gasteiger partial charge in [0.25, 0.3) is 0 Å². The van der Waals surface area contributed by atoms with Gasteiger partial charge in [-0.2, -0.15) is 0 Å². The van der Waals surface area contributed by atoms with Crippen LogP contribution in [0.4, 0.5) is 14.5 Å². The molecule has 166 valence electrons.